The molecule has 130 valence electrons. The molecule has 0 radical (unpaired) electrons. The zero-order valence-corrected chi connectivity index (χ0v) is 16.5. The summed E-state index contributed by atoms with van der Waals surface area (Å²) < 4.78 is 0. The molecule has 1 heterocycles. The Morgan fingerprint density at radius 3 is 2.25 bits per heavy atom. The zero-order valence-electron chi connectivity index (χ0n) is 16.5. The number of Topliss-reactive ketones (excluding diaryl/α,β-unsaturated/α-hetero) is 1. The number of carbonyl (C=O) groups excluding carboxylic acids is 1. The summed E-state index contributed by atoms with van der Waals surface area (Å²) in [4.78, 5) is 11.5. The Hall–Kier alpha value is -1.70. The van der Waals surface area contributed by atoms with Crippen molar-refractivity contribution in [1.82, 2.24) is 0 Å². The van der Waals surface area contributed by atoms with Gasteiger partial charge in [0.1, 0.15) is 5.78 Å². The number of carbonyl (C=O) groups is 1. The Kier molecular flexibility index (Phi) is 10.9. The molecule has 24 heavy (non-hydrogen) atoms. The summed E-state index contributed by atoms with van der Waals surface area (Å²) in [6.07, 6.45) is 10.5. The molecule has 1 nitrogen and oxygen atoms in total. The Balaban J connectivity index is 0.000000447. The molecule has 0 saturated carbocycles. The first kappa shape index (κ1) is 22.3. The van der Waals surface area contributed by atoms with Crippen molar-refractivity contribution in [2.45, 2.75) is 61.3 Å². The van der Waals surface area contributed by atoms with Crippen molar-refractivity contribution in [3.05, 3.63) is 65.1 Å². The minimum atomic E-state index is -0.354. The van der Waals surface area contributed by atoms with Crippen molar-refractivity contribution < 1.29 is 4.79 Å². The molecular formula is C22H33BO. The van der Waals surface area contributed by atoms with Gasteiger partial charge in [-0.1, -0.05) is 43.7 Å². The van der Waals surface area contributed by atoms with Crippen LogP contribution in [-0.2, 0) is 11.2 Å². The van der Waals surface area contributed by atoms with Crippen molar-refractivity contribution in [2.24, 2.45) is 5.41 Å². The number of allylic oxidation sites excluding steroid dienone is 6. The normalized spacial score (nSPS) is 13.1. The molecule has 0 bridgehead atoms. The second-order valence-corrected chi connectivity index (χ2v) is 6.21. The number of hydrogen-bond acceptors (Lipinski definition) is 1. The molecular weight excluding hydrogens is 291 g/mol. The van der Waals surface area contributed by atoms with Gasteiger partial charge in [0.05, 0.1) is 0 Å². The van der Waals surface area contributed by atoms with E-state index >= 15 is 0 Å². The van der Waals surface area contributed by atoms with Gasteiger partial charge in [0.15, 0.2) is 0 Å². The van der Waals surface area contributed by atoms with Gasteiger partial charge in [-0.3, -0.25) is 4.79 Å². The van der Waals surface area contributed by atoms with Crippen molar-refractivity contribution in [1.29, 1.82) is 0 Å². The van der Waals surface area contributed by atoms with Crippen LogP contribution in [-0.4, -0.2) is 12.7 Å². The van der Waals surface area contributed by atoms with E-state index in [4.69, 9.17) is 0 Å². The van der Waals surface area contributed by atoms with Gasteiger partial charge in [0, 0.05) is 5.41 Å². The monoisotopic (exact) mass is 324 g/mol. The Labute approximate surface area is 149 Å². The van der Waals surface area contributed by atoms with Gasteiger partial charge in [-0.15, -0.1) is 0 Å². The summed E-state index contributed by atoms with van der Waals surface area (Å²) in [5.74, 6) is 4.35. The number of hydrogen-bond donors (Lipinski definition) is 0. The van der Waals surface area contributed by atoms with Crippen LogP contribution in [0.25, 0.3) is 0 Å². The predicted octanol–water partition coefficient (Wildman–Crippen LogP) is 6.05. The average molecular weight is 324 g/mol. The quantitative estimate of drug-likeness (QED) is 0.661. The first-order chi connectivity index (χ1) is 11.4. The van der Waals surface area contributed by atoms with Crippen molar-refractivity contribution in [3.63, 3.8) is 0 Å². The molecule has 0 amide bonds. The molecule has 1 aliphatic carbocycles. The fraction of sp³-hybridized carbons (Fsp3) is 0.455. The van der Waals surface area contributed by atoms with E-state index in [9.17, 15) is 4.79 Å². The molecule has 2 heteroatoms. The molecule has 0 N–H and O–H groups in total. The summed E-state index contributed by atoms with van der Waals surface area (Å²) in [5.41, 5.74) is 3.40. The fourth-order valence-corrected chi connectivity index (χ4v) is 2.15. The fourth-order valence-electron chi connectivity index (χ4n) is 2.15. The third kappa shape index (κ3) is 7.72. The van der Waals surface area contributed by atoms with Crippen LogP contribution < -0.4 is 0 Å². The number of aryl methyl sites for hydroxylation is 1. The molecule has 0 aromatic carbocycles. The van der Waals surface area contributed by atoms with Crippen molar-refractivity contribution >= 4 is 12.7 Å². The van der Waals surface area contributed by atoms with Gasteiger partial charge in [0.2, 0.25) is 0 Å². The van der Waals surface area contributed by atoms with Gasteiger partial charge in [-0.2, -0.15) is 0 Å². The summed E-state index contributed by atoms with van der Waals surface area (Å²) in [6.45, 7) is 15.9. The van der Waals surface area contributed by atoms with Gasteiger partial charge >= 0.3 is 49.9 Å². The topological polar surface area (TPSA) is 17.1 Å². The van der Waals surface area contributed by atoms with Crippen LogP contribution in [0.4, 0.5) is 0 Å². The van der Waals surface area contributed by atoms with Gasteiger partial charge in [-0.25, -0.2) is 0 Å². The van der Waals surface area contributed by atoms with Crippen LogP contribution in [0.3, 0.4) is 0 Å². The molecule has 0 saturated heterocycles. The van der Waals surface area contributed by atoms with E-state index in [-0.39, 0.29) is 11.2 Å². The molecule has 1 aromatic heterocycles. The van der Waals surface area contributed by atoms with Crippen molar-refractivity contribution in [3.8, 4) is 0 Å². The molecule has 0 fully saturated rings. The van der Waals surface area contributed by atoms with Crippen LogP contribution in [0.5, 0.6) is 0 Å². The van der Waals surface area contributed by atoms with Gasteiger partial charge < -0.3 is 0 Å². The van der Waals surface area contributed by atoms with E-state index in [0.29, 0.717) is 0 Å². The predicted molar refractivity (Wildman–Crippen MR) is 109 cm³/mol. The molecule has 0 aliphatic heterocycles. The second kappa shape index (κ2) is 11.8. The van der Waals surface area contributed by atoms with Gasteiger partial charge in [-0.05, 0) is 39.7 Å². The maximum atomic E-state index is 11.5. The second-order valence-electron chi connectivity index (χ2n) is 6.21. The molecule has 0 unspecified atom stereocenters. The molecule has 2 rings (SSSR count). The Bertz CT molecular complexity index is 577. The van der Waals surface area contributed by atoms with Crippen LogP contribution >= 0.6 is 0 Å². The summed E-state index contributed by atoms with van der Waals surface area (Å²) >= 11 is 0. The van der Waals surface area contributed by atoms with E-state index in [1.165, 1.54) is 11.1 Å². The Morgan fingerprint density at radius 2 is 1.79 bits per heavy atom. The van der Waals surface area contributed by atoms with E-state index in [2.05, 4.69) is 62.2 Å². The van der Waals surface area contributed by atoms with Crippen LogP contribution in [0, 0.1) is 5.41 Å². The molecule has 0 spiro atoms. The standard InChI is InChI=1S/C13H18O.C7H9B.C2H6/c1-10-7-5-6-8-12(9-10)13(3,4)11(2)14;1-2-7-3-5-8-6-4-7;1-2/h5,7-9H,6H2,1-4H3;3-6H,2H2,1H3;1-2H3. The third-order valence-corrected chi connectivity index (χ3v) is 4.09. The first-order valence-corrected chi connectivity index (χ1v) is 8.98. The van der Waals surface area contributed by atoms with Gasteiger partial charge in [0.25, 0.3) is 0 Å². The molecule has 1 aromatic rings. The zero-order chi connectivity index (χ0) is 18.6. The van der Waals surface area contributed by atoms with E-state index in [0.717, 1.165) is 18.4 Å². The van der Waals surface area contributed by atoms with Crippen molar-refractivity contribution in [2.75, 3.05) is 0 Å². The third-order valence-electron chi connectivity index (χ3n) is 4.09. The van der Waals surface area contributed by atoms with Crippen LogP contribution in [0.2, 0.25) is 0 Å². The van der Waals surface area contributed by atoms with Crippen LogP contribution in [0.15, 0.2) is 59.5 Å². The number of rotatable bonds is 3. The molecule has 0 atom stereocenters. The summed E-state index contributed by atoms with van der Waals surface area (Å²) in [7, 11) is 0. The maximum absolute atomic E-state index is 11.5. The summed E-state index contributed by atoms with van der Waals surface area (Å²) in [6, 6.07) is 4.28. The van der Waals surface area contributed by atoms with E-state index < -0.39 is 0 Å². The van der Waals surface area contributed by atoms with Crippen LogP contribution in [0.1, 0.15) is 60.5 Å². The minimum absolute atomic E-state index is 0.217. The summed E-state index contributed by atoms with van der Waals surface area (Å²) in [5, 5.41) is 0. The Morgan fingerprint density at radius 1 is 1.21 bits per heavy atom. The SMILES string of the molecule is CC.CC(=O)C(C)(C)C1=CCC=CC(C)=C1.CCc1ccbcc1. The number of ketones is 1. The molecule has 1 aliphatic rings. The van der Waals surface area contributed by atoms with E-state index in [1.54, 1.807) is 6.92 Å². The van der Waals surface area contributed by atoms with E-state index in [1.807, 2.05) is 34.6 Å². The average Bonchev–Trinajstić information content (AvgIpc) is 2.83. The first-order valence-electron chi connectivity index (χ1n) is 8.98.